The summed E-state index contributed by atoms with van der Waals surface area (Å²) in [5.74, 6) is -0.102. The number of carbonyl (C=O) groups excluding carboxylic acids is 1. The summed E-state index contributed by atoms with van der Waals surface area (Å²) in [5, 5.41) is 11.1. The molecule has 3 heteroatoms. The summed E-state index contributed by atoms with van der Waals surface area (Å²) < 4.78 is 0. The van der Waals surface area contributed by atoms with E-state index in [9.17, 15) is 4.79 Å². The Hall–Kier alpha value is -3.95. The SMILES string of the molecule is O=C(Nc1cc2ccccc2cc1CNCc1ccccc1)c1ccc2ccccc2c1. The topological polar surface area (TPSA) is 41.1 Å². The Labute approximate surface area is 187 Å². The molecule has 0 bridgehead atoms. The van der Waals surface area contributed by atoms with E-state index in [0.29, 0.717) is 12.1 Å². The summed E-state index contributed by atoms with van der Waals surface area (Å²) in [6.07, 6.45) is 0. The number of amides is 1. The Morgan fingerprint density at radius 2 is 1.22 bits per heavy atom. The highest BCUT2D eigenvalue weighted by molar-refractivity contribution is 6.07. The molecule has 156 valence electrons. The smallest absolute Gasteiger partial charge is 0.255 e. The molecule has 3 nitrogen and oxygen atoms in total. The van der Waals surface area contributed by atoms with Gasteiger partial charge in [0.2, 0.25) is 0 Å². The van der Waals surface area contributed by atoms with Crippen molar-refractivity contribution in [3.8, 4) is 0 Å². The van der Waals surface area contributed by atoms with Crippen LogP contribution in [0.1, 0.15) is 21.5 Å². The molecule has 0 heterocycles. The van der Waals surface area contributed by atoms with Crippen LogP contribution in [0.4, 0.5) is 5.69 Å². The van der Waals surface area contributed by atoms with Crippen LogP contribution < -0.4 is 10.6 Å². The number of benzene rings is 5. The van der Waals surface area contributed by atoms with Crippen molar-refractivity contribution in [1.82, 2.24) is 5.32 Å². The number of anilines is 1. The van der Waals surface area contributed by atoms with Crippen LogP contribution in [-0.4, -0.2) is 5.91 Å². The van der Waals surface area contributed by atoms with Gasteiger partial charge in [0.15, 0.2) is 0 Å². The first-order valence-corrected chi connectivity index (χ1v) is 10.8. The Morgan fingerprint density at radius 3 is 1.97 bits per heavy atom. The maximum atomic E-state index is 13.1. The van der Waals surface area contributed by atoms with Gasteiger partial charge < -0.3 is 10.6 Å². The lowest BCUT2D eigenvalue weighted by Crippen LogP contribution is -2.17. The van der Waals surface area contributed by atoms with E-state index < -0.39 is 0 Å². The molecule has 0 spiro atoms. The van der Waals surface area contributed by atoms with Crippen LogP contribution in [-0.2, 0) is 13.1 Å². The molecular formula is C29H24N2O. The number of rotatable bonds is 6. The first kappa shape index (κ1) is 20.0. The van der Waals surface area contributed by atoms with Crippen LogP contribution in [0.2, 0.25) is 0 Å². The fraction of sp³-hybridized carbons (Fsp3) is 0.0690. The summed E-state index contributed by atoms with van der Waals surface area (Å²) in [4.78, 5) is 13.1. The predicted molar refractivity (Wildman–Crippen MR) is 133 cm³/mol. The van der Waals surface area contributed by atoms with Crippen molar-refractivity contribution in [3.63, 3.8) is 0 Å². The Balaban J connectivity index is 1.41. The number of nitrogens with one attached hydrogen (secondary N) is 2. The van der Waals surface area contributed by atoms with Crippen molar-refractivity contribution in [1.29, 1.82) is 0 Å². The largest absolute Gasteiger partial charge is 0.322 e. The summed E-state index contributed by atoms with van der Waals surface area (Å²) in [7, 11) is 0. The molecule has 0 unspecified atom stereocenters. The zero-order chi connectivity index (χ0) is 21.8. The van der Waals surface area contributed by atoms with Gasteiger partial charge >= 0.3 is 0 Å². The molecule has 0 saturated heterocycles. The molecular weight excluding hydrogens is 392 g/mol. The minimum Gasteiger partial charge on any atom is -0.322 e. The highest BCUT2D eigenvalue weighted by Crippen LogP contribution is 2.25. The van der Waals surface area contributed by atoms with Crippen LogP contribution >= 0.6 is 0 Å². The number of hydrogen-bond donors (Lipinski definition) is 2. The van der Waals surface area contributed by atoms with Crippen molar-refractivity contribution < 1.29 is 4.79 Å². The molecule has 0 saturated carbocycles. The van der Waals surface area contributed by atoms with Crippen molar-refractivity contribution in [3.05, 3.63) is 126 Å². The molecule has 0 aliphatic carbocycles. The maximum Gasteiger partial charge on any atom is 0.255 e. The van der Waals surface area contributed by atoms with Gasteiger partial charge in [-0.15, -0.1) is 0 Å². The zero-order valence-electron chi connectivity index (χ0n) is 17.7. The number of carbonyl (C=O) groups is 1. The van der Waals surface area contributed by atoms with Crippen molar-refractivity contribution in [2.24, 2.45) is 0 Å². The third kappa shape index (κ3) is 4.39. The van der Waals surface area contributed by atoms with Crippen molar-refractivity contribution in [2.45, 2.75) is 13.1 Å². The third-order valence-electron chi connectivity index (χ3n) is 5.72. The Bertz CT molecular complexity index is 1390. The lowest BCUT2D eigenvalue weighted by Gasteiger charge is -2.14. The van der Waals surface area contributed by atoms with E-state index >= 15 is 0 Å². The molecule has 5 aromatic rings. The second-order valence-corrected chi connectivity index (χ2v) is 7.96. The van der Waals surface area contributed by atoms with Gasteiger partial charge in [-0.05, 0) is 56.9 Å². The van der Waals surface area contributed by atoms with Crippen molar-refractivity contribution >= 4 is 33.1 Å². The highest BCUT2D eigenvalue weighted by Gasteiger charge is 2.11. The highest BCUT2D eigenvalue weighted by atomic mass is 16.1. The van der Waals surface area contributed by atoms with Gasteiger partial charge in [0.05, 0.1) is 0 Å². The van der Waals surface area contributed by atoms with Gasteiger partial charge in [-0.2, -0.15) is 0 Å². The molecule has 0 fully saturated rings. The Morgan fingerprint density at radius 1 is 0.594 bits per heavy atom. The monoisotopic (exact) mass is 416 g/mol. The predicted octanol–water partition coefficient (Wildman–Crippen LogP) is 6.54. The maximum absolute atomic E-state index is 13.1. The minimum absolute atomic E-state index is 0.102. The second kappa shape index (κ2) is 9.04. The fourth-order valence-corrected chi connectivity index (χ4v) is 4.01. The standard InChI is InChI=1S/C29H24N2O/c32-29(26-15-14-22-10-4-5-11-23(22)16-26)31-28-18-25-13-7-6-12-24(25)17-27(28)20-30-19-21-8-2-1-3-9-21/h1-18,30H,19-20H2,(H,31,32). The number of hydrogen-bond acceptors (Lipinski definition) is 2. The quantitative estimate of drug-likeness (QED) is 0.330. The molecule has 0 aliphatic rings. The van der Waals surface area contributed by atoms with E-state index in [-0.39, 0.29) is 5.91 Å². The second-order valence-electron chi connectivity index (χ2n) is 7.96. The molecule has 0 aromatic heterocycles. The molecule has 0 radical (unpaired) electrons. The Kier molecular flexibility index (Phi) is 5.65. The molecule has 5 rings (SSSR count). The molecule has 1 amide bonds. The molecule has 0 aliphatic heterocycles. The lowest BCUT2D eigenvalue weighted by molar-refractivity contribution is 0.102. The van der Waals surface area contributed by atoms with Crippen molar-refractivity contribution in [2.75, 3.05) is 5.32 Å². The van der Waals surface area contributed by atoms with Gasteiger partial charge in [-0.3, -0.25) is 4.79 Å². The van der Waals surface area contributed by atoms with Crippen LogP contribution in [0.15, 0.2) is 109 Å². The lowest BCUT2D eigenvalue weighted by atomic mass is 10.0. The first-order chi connectivity index (χ1) is 15.8. The van der Waals surface area contributed by atoms with E-state index in [2.05, 4.69) is 53.1 Å². The van der Waals surface area contributed by atoms with E-state index in [1.807, 2.05) is 66.7 Å². The fourth-order valence-electron chi connectivity index (χ4n) is 4.01. The van der Waals surface area contributed by atoms with Crippen LogP contribution in [0.5, 0.6) is 0 Å². The van der Waals surface area contributed by atoms with Gasteiger partial charge in [-0.1, -0.05) is 84.9 Å². The zero-order valence-corrected chi connectivity index (χ0v) is 17.7. The number of fused-ring (bicyclic) bond motifs is 2. The van der Waals surface area contributed by atoms with E-state index in [1.54, 1.807) is 0 Å². The van der Waals surface area contributed by atoms with E-state index in [0.717, 1.165) is 39.3 Å². The molecule has 32 heavy (non-hydrogen) atoms. The van der Waals surface area contributed by atoms with Gasteiger partial charge in [0, 0.05) is 24.3 Å². The average molecular weight is 417 g/mol. The molecule has 2 N–H and O–H groups in total. The van der Waals surface area contributed by atoms with Gasteiger partial charge in [-0.25, -0.2) is 0 Å². The summed E-state index contributed by atoms with van der Waals surface area (Å²) >= 11 is 0. The van der Waals surface area contributed by atoms with Gasteiger partial charge in [0.25, 0.3) is 5.91 Å². The van der Waals surface area contributed by atoms with Crippen LogP contribution in [0, 0.1) is 0 Å². The normalized spacial score (nSPS) is 11.0. The van der Waals surface area contributed by atoms with Crippen LogP contribution in [0.3, 0.4) is 0 Å². The minimum atomic E-state index is -0.102. The average Bonchev–Trinajstić information content (AvgIpc) is 2.84. The summed E-state index contributed by atoms with van der Waals surface area (Å²) in [6.45, 7) is 1.43. The summed E-state index contributed by atoms with van der Waals surface area (Å²) in [5.41, 5.74) is 3.78. The van der Waals surface area contributed by atoms with Crippen LogP contribution in [0.25, 0.3) is 21.5 Å². The van der Waals surface area contributed by atoms with E-state index in [1.165, 1.54) is 5.56 Å². The summed E-state index contributed by atoms with van der Waals surface area (Å²) in [6, 6.07) is 36.7. The molecule has 0 atom stereocenters. The molecule has 5 aromatic carbocycles. The van der Waals surface area contributed by atoms with E-state index in [4.69, 9.17) is 0 Å². The third-order valence-corrected chi connectivity index (χ3v) is 5.72. The first-order valence-electron chi connectivity index (χ1n) is 10.8. The van der Waals surface area contributed by atoms with Gasteiger partial charge in [0.1, 0.15) is 0 Å².